The molecule has 2 heterocycles. The number of carbonyl (C=O) groups excluding carboxylic acids is 1. The van der Waals surface area contributed by atoms with E-state index in [0.717, 1.165) is 22.4 Å². The summed E-state index contributed by atoms with van der Waals surface area (Å²) in [5.41, 5.74) is 5.27. The minimum atomic E-state index is -0.346. The summed E-state index contributed by atoms with van der Waals surface area (Å²) in [5, 5.41) is 3.96. The molecule has 1 fully saturated rings. The number of H-pyrrole nitrogens is 1. The van der Waals surface area contributed by atoms with Crippen molar-refractivity contribution in [2.75, 3.05) is 0 Å². The van der Waals surface area contributed by atoms with Gasteiger partial charge in [-0.25, -0.2) is 10.4 Å². The van der Waals surface area contributed by atoms with E-state index < -0.39 is 0 Å². The zero-order valence-electron chi connectivity index (χ0n) is 11.3. The first kappa shape index (κ1) is 11.6. The van der Waals surface area contributed by atoms with Gasteiger partial charge in [-0.15, -0.1) is 0 Å². The van der Waals surface area contributed by atoms with Crippen LogP contribution in [0.2, 0.25) is 0 Å². The first-order valence-electron chi connectivity index (χ1n) is 6.97. The lowest BCUT2D eigenvalue weighted by molar-refractivity contribution is -0.122. The van der Waals surface area contributed by atoms with Crippen LogP contribution in [0.3, 0.4) is 0 Å². The molecule has 1 aromatic carbocycles. The molecule has 2 aromatic rings. The van der Waals surface area contributed by atoms with Crippen LogP contribution in [0.25, 0.3) is 11.0 Å². The normalized spacial score (nSPS) is 25.9. The third-order valence-electron chi connectivity index (χ3n) is 4.19. The standard InChI is InChI=1S/C15H16N4O/c1-15(7-13(20)19-16-8-15)10-4-5-11-12(6-10)18-14(17-11)9-2-3-9/h4-6,8-9H,2-3,7H2,1H3,(H,17,18)(H,19,20). The molecule has 0 radical (unpaired) electrons. The molecule has 1 amide bonds. The minimum Gasteiger partial charge on any atom is -0.342 e. The molecule has 5 nitrogen and oxygen atoms in total. The first-order chi connectivity index (χ1) is 9.64. The van der Waals surface area contributed by atoms with Gasteiger partial charge in [0.05, 0.1) is 11.0 Å². The molecule has 1 aliphatic heterocycles. The number of carbonyl (C=O) groups is 1. The van der Waals surface area contributed by atoms with Crippen molar-refractivity contribution >= 4 is 23.2 Å². The topological polar surface area (TPSA) is 70.1 Å². The van der Waals surface area contributed by atoms with Gasteiger partial charge in [0.1, 0.15) is 5.82 Å². The monoisotopic (exact) mass is 268 g/mol. The number of amides is 1. The highest BCUT2D eigenvalue weighted by molar-refractivity contribution is 5.90. The summed E-state index contributed by atoms with van der Waals surface area (Å²) < 4.78 is 0. The number of imidazole rings is 1. The maximum atomic E-state index is 11.6. The molecular formula is C15H16N4O. The molecule has 1 atom stereocenters. The van der Waals surface area contributed by atoms with Crippen LogP contribution in [0.4, 0.5) is 0 Å². The zero-order valence-corrected chi connectivity index (χ0v) is 11.3. The number of hydrogen-bond acceptors (Lipinski definition) is 3. The highest BCUT2D eigenvalue weighted by Gasteiger charge is 2.31. The highest BCUT2D eigenvalue weighted by atomic mass is 16.2. The summed E-state index contributed by atoms with van der Waals surface area (Å²) >= 11 is 0. The van der Waals surface area contributed by atoms with E-state index in [9.17, 15) is 4.79 Å². The number of aromatic nitrogens is 2. The third-order valence-corrected chi connectivity index (χ3v) is 4.19. The third kappa shape index (κ3) is 1.81. The van der Waals surface area contributed by atoms with Crippen LogP contribution in [0.5, 0.6) is 0 Å². The molecule has 0 spiro atoms. The van der Waals surface area contributed by atoms with Crippen molar-refractivity contribution in [3.8, 4) is 0 Å². The van der Waals surface area contributed by atoms with E-state index in [1.807, 2.05) is 25.3 Å². The molecular weight excluding hydrogens is 252 g/mol. The molecule has 2 aliphatic rings. The maximum Gasteiger partial charge on any atom is 0.241 e. The number of aromatic amines is 1. The van der Waals surface area contributed by atoms with Gasteiger partial charge < -0.3 is 4.98 Å². The summed E-state index contributed by atoms with van der Waals surface area (Å²) in [6.07, 6.45) is 4.70. The van der Waals surface area contributed by atoms with Gasteiger partial charge in [0.25, 0.3) is 0 Å². The molecule has 5 heteroatoms. The average Bonchev–Trinajstić information content (AvgIpc) is 3.17. The van der Waals surface area contributed by atoms with Crippen molar-refractivity contribution < 1.29 is 4.79 Å². The second kappa shape index (κ2) is 3.91. The Morgan fingerprint density at radius 3 is 2.95 bits per heavy atom. The number of hydrazone groups is 1. The van der Waals surface area contributed by atoms with Crippen molar-refractivity contribution in [1.82, 2.24) is 15.4 Å². The predicted octanol–water partition coefficient (Wildman–Crippen LogP) is 2.20. The van der Waals surface area contributed by atoms with Gasteiger partial charge in [0.2, 0.25) is 5.91 Å². The minimum absolute atomic E-state index is 0.0432. The van der Waals surface area contributed by atoms with E-state index in [4.69, 9.17) is 0 Å². The highest BCUT2D eigenvalue weighted by Crippen LogP contribution is 2.39. The molecule has 4 rings (SSSR count). The van der Waals surface area contributed by atoms with Gasteiger partial charge in [-0.05, 0) is 37.5 Å². The van der Waals surface area contributed by atoms with Crippen LogP contribution in [0.1, 0.15) is 43.5 Å². The van der Waals surface area contributed by atoms with Gasteiger partial charge >= 0.3 is 0 Å². The second-order valence-corrected chi connectivity index (χ2v) is 6.02. The van der Waals surface area contributed by atoms with E-state index in [2.05, 4.69) is 26.6 Å². The van der Waals surface area contributed by atoms with Crippen LogP contribution < -0.4 is 5.43 Å². The molecule has 1 aliphatic carbocycles. The molecule has 102 valence electrons. The molecule has 20 heavy (non-hydrogen) atoms. The van der Waals surface area contributed by atoms with Gasteiger partial charge in [-0.3, -0.25) is 4.79 Å². The Labute approximate surface area is 116 Å². The zero-order chi connectivity index (χ0) is 13.7. The predicted molar refractivity (Wildman–Crippen MR) is 76.7 cm³/mol. The van der Waals surface area contributed by atoms with Crippen LogP contribution in [0.15, 0.2) is 23.3 Å². The molecule has 1 aromatic heterocycles. The lowest BCUT2D eigenvalue weighted by Crippen LogP contribution is -2.37. The number of fused-ring (bicyclic) bond motifs is 1. The summed E-state index contributed by atoms with van der Waals surface area (Å²) in [5.74, 6) is 1.67. The second-order valence-electron chi connectivity index (χ2n) is 6.02. The van der Waals surface area contributed by atoms with Crippen molar-refractivity contribution in [2.45, 2.75) is 37.5 Å². The van der Waals surface area contributed by atoms with Crippen LogP contribution in [-0.4, -0.2) is 22.1 Å². The maximum absolute atomic E-state index is 11.6. The lowest BCUT2D eigenvalue weighted by atomic mass is 9.79. The van der Waals surface area contributed by atoms with E-state index in [1.54, 1.807) is 0 Å². The Morgan fingerprint density at radius 2 is 2.20 bits per heavy atom. The van der Waals surface area contributed by atoms with Crippen LogP contribution >= 0.6 is 0 Å². The van der Waals surface area contributed by atoms with Crippen molar-refractivity contribution in [3.05, 3.63) is 29.6 Å². The molecule has 1 unspecified atom stereocenters. The van der Waals surface area contributed by atoms with Gasteiger partial charge in [0, 0.05) is 24.0 Å². The fraction of sp³-hybridized carbons (Fsp3) is 0.400. The summed E-state index contributed by atoms with van der Waals surface area (Å²) in [4.78, 5) is 19.6. The fourth-order valence-corrected chi connectivity index (χ4v) is 2.78. The van der Waals surface area contributed by atoms with E-state index >= 15 is 0 Å². The SMILES string of the molecule is CC1(c2ccc3nc(C4CC4)[nH]c3c2)C=NNC(=O)C1. The van der Waals surface area contributed by atoms with E-state index in [0.29, 0.717) is 12.3 Å². The van der Waals surface area contributed by atoms with Crippen LogP contribution in [0, 0.1) is 0 Å². The summed E-state index contributed by atoms with van der Waals surface area (Å²) in [6.45, 7) is 2.04. The Hall–Kier alpha value is -2.17. The number of benzene rings is 1. The Morgan fingerprint density at radius 1 is 1.35 bits per heavy atom. The Kier molecular flexibility index (Phi) is 2.28. The van der Waals surface area contributed by atoms with Crippen molar-refractivity contribution in [3.63, 3.8) is 0 Å². The van der Waals surface area contributed by atoms with Gasteiger partial charge in [0.15, 0.2) is 0 Å². The van der Waals surface area contributed by atoms with Gasteiger partial charge in [-0.1, -0.05) is 6.07 Å². The van der Waals surface area contributed by atoms with E-state index in [-0.39, 0.29) is 11.3 Å². The van der Waals surface area contributed by atoms with Crippen molar-refractivity contribution in [1.29, 1.82) is 0 Å². The Balaban J connectivity index is 1.78. The molecule has 1 saturated carbocycles. The number of nitrogens with one attached hydrogen (secondary N) is 2. The number of hydrogen-bond donors (Lipinski definition) is 2. The molecule has 0 saturated heterocycles. The first-order valence-corrected chi connectivity index (χ1v) is 6.97. The fourth-order valence-electron chi connectivity index (χ4n) is 2.78. The quantitative estimate of drug-likeness (QED) is 0.876. The largest absolute Gasteiger partial charge is 0.342 e. The summed E-state index contributed by atoms with van der Waals surface area (Å²) in [7, 11) is 0. The van der Waals surface area contributed by atoms with Crippen molar-refractivity contribution in [2.24, 2.45) is 5.10 Å². The van der Waals surface area contributed by atoms with Crippen LogP contribution in [-0.2, 0) is 10.2 Å². The van der Waals surface area contributed by atoms with E-state index in [1.165, 1.54) is 12.8 Å². The smallest absolute Gasteiger partial charge is 0.241 e. The average molecular weight is 268 g/mol. The lowest BCUT2D eigenvalue weighted by Gasteiger charge is -2.27. The molecule has 2 N–H and O–H groups in total. The van der Waals surface area contributed by atoms with Gasteiger partial charge in [-0.2, -0.15) is 5.10 Å². The molecule has 0 bridgehead atoms. The summed E-state index contributed by atoms with van der Waals surface area (Å²) in [6, 6.07) is 6.17. The number of rotatable bonds is 2. The Bertz CT molecular complexity index is 729. The number of nitrogens with zero attached hydrogens (tertiary/aromatic N) is 2.